The minimum absolute atomic E-state index is 0.260. The van der Waals surface area contributed by atoms with Crippen LogP contribution < -0.4 is 15.5 Å². The van der Waals surface area contributed by atoms with Crippen LogP contribution in [0.2, 0.25) is 0 Å². The van der Waals surface area contributed by atoms with Gasteiger partial charge in [-0.25, -0.2) is 24.4 Å². The van der Waals surface area contributed by atoms with Gasteiger partial charge in [0.1, 0.15) is 10.4 Å². The van der Waals surface area contributed by atoms with Crippen molar-refractivity contribution in [2.45, 2.75) is 25.4 Å². The van der Waals surface area contributed by atoms with Crippen LogP contribution in [0.3, 0.4) is 0 Å². The van der Waals surface area contributed by atoms with E-state index in [1.54, 1.807) is 7.05 Å². The summed E-state index contributed by atoms with van der Waals surface area (Å²) in [7, 11) is 1.59. The second kappa shape index (κ2) is 11.9. The van der Waals surface area contributed by atoms with Crippen LogP contribution in [-0.4, -0.2) is 82.1 Å². The highest BCUT2D eigenvalue weighted by atomic mass is 79.9. The van der Waals surface area contributed by atoms with Gasteiger partial charge in [0.05, 0.1) is 30.8 Å². The van der Waals surface area contributed by atoms with Crippen LogP contribution in [0.5, 0.6) is 0 Å². The summed E-state index contributed by atoms with van der Waals surface area (Å²) in [6, 6.07) is 11.7. The van der Waals surface area contributed by atoms with Crippen LogP contribution in [0.25, 0.3) is 22.4 Å². The number of amides is 2. The van der Waals surface area contributed by atoms with E-state index in [1.807, 2.05) is 42.7 Å². The van der Waals surface area contributed by atoms with Gasteiger partial charge < -0.3 is 20.3 Å². The molecular weight excluding hydrogens is 574 g/mol. The van der Waals surface area contributed by atoms with Gasteiger partial charge in [0.15, 0.2) is 11.5 Å². The minimum atomic E-state index is -0.261. The molecule has 0 radical (unpaired) electrons. The van der Waals surface area contributed by atoms with E-state index < -0.39 is 0 Å². The van der Waals surface area contributed by atoms with E-state index in [9.17, 15) is 4.79 Å². The molecule has 0 aliphatic carbocycles. The Balaban J connectivity index is 1.27. The summed E-state index contributed by atoms with van der Waals surface area (Å²) in [6.45, 7) is 5.74. The number of morpholine rings is 1. The van der Waals surface area contributed by atoms with Gasteiger partial charge >= 0.3 is 6.03 Å². The van der Waals surface area contributed by atoms with Gasteiger partial charge in [0.25, 0.3) is 0 Å². The minimum Gasteiger partial charge on any atom is -0.378 e. The molecule has 3 aromatic heterocycles. The van der Waals surface area contributed by atoms with Gasteiger partial charge in [-0.15, -0.1) is 0 Å². The number of hydrogen-bond donors (Lipinski definition) is 2. The molecule has 0 bridgehead atoms. The Bertz CT molecular complexity index is 1460. The van der Waals surface area contributed by atoms with Crippen molar-refractivity contribution >= 4 is 44.5 Å². The summed E-state index contributed by atoms with van der Waals surface area (Å²) in [5.41, 5.74) is 3.66. The number of carbonyl (C=O) groups is 1. The highest BCUT2D eigenvalue weighted by Gasteiger charge is 2.26. The molecule has 1 aromatic carbocycles. The molecule has 0 spiro atoms. The van der Waals surface area contributed by atoms with Crippen LogP contribution in [0.15, 0.2) is 53.4 Å². The average Bonchev–Trinajstić information content (AvgIpc) is 3.43. The van der Waals surface area contributed by atoms with Crippen LogP contribution >= 0.6 is 15.9 Å². The zero-order chi connectivity index (χ0) is 27.5. The number of halogens is 1. The predicted molar refractivity (Wildman–Crippen MR) is 157 cm³/mol. The second-order valence-electron chi connectivity index (χ2n) is 10.1. The molecule has 5 heterocycles. The van der Waals surface area contributed by atoms with E-state index in [0.717, 1.165) is 72.6 Å². The molecule has 12 heteroatoms. The number of carbonyl (C=O) groups excluding carboxylic acids is 1. The number of piperidine rings is 1. The number of hydrogen-bond acceptors (Lipinski definition) is 8. The fourth-order valence-corrected chi connectivity index (χ4v) is 5.53. The number of pyridine rings is 1. The fraction of sp³-hybridized carbons (Fsp3) is 0.393. The first-order valence-corrected chi connectivity index (χ1v) is 14.4. The number of anilines is 2. The van der Waals surface area contributed by atoms with Crippen molar-refractivity contribution in [1.82, 2.24) is 34.9 Å². The molecule has 0 unspecified atom stereocenters. The molecule has 0 atom stereocenters. The lowest BCUT2D eigenvalue weighted by atomic mass is 10.0. The quantitative estimate of drug-likeness (QED) is 0.316. The third kappa shape index (κ3) is 5.79. The number of aromatic nitrogens is 5. The van der Waals surface area contributed by atoms with Crippen molar-refractivity contribution in [2.75, 3.05) is 56.7 Å². The molecule has 40 heavy (non-hydrogen) atoms. The van der Waals surface area contributed by atoms with Crippen LogP contribution in [-0.2, 0) is 11.3 Å². The van der Waals surface area contributed by atoms with Crippen molar-refractivity contribution in [3.05, 3.63) is 59.0 Å². The molecule has 2 amide bonds. The number of nitrogens with one attached hydrogen (secondary N) is 2. The van der Waals surface area contributed by atoms with Crippen molar-refractivity contribution < 1.29 is 9.53 Å². The molecule has 2 N–H and O–H groups in total. The first kappa shape index (κ1) is 26.6. The molecule has 2 fully saturated rings. The van der Waals surface area contributed by atoms with Crippen LogP contribution in [0.1, 0.15) is 24.4 Å². The maximum Gasteiger partial charge on any atom is 0.318 e. The third-order valence-electron chi connectivity index (χ3n) is 7.47. The molecule has 11 nitrogen and oxygen atoms in total. The number of nitrogens with zero attached hydrogens (tertiary/aromatic N) is 7. The van der Waals surface area contributed by atoms with Gasteiger partial charge in [-0.1, -0.05) is 6.07 Å². The number of fused-ring (bicyclic) bond motifs is 1. The van der Waals surface area contributed by atoms with E-state index in [2.05, 4.69) is 52.1 Å². The normalized spacial score (nSPS) is 16.8. The van der Waals surface area contributed by atoms with Gasteiger partial charge in [-0.2, -0.15) is 5.10 Å². The molecule has 4 aromatic rings. The zero-order valence-corrected chi connectivity index (χ0v) is 24.0. The lowest BCUT2D eigenvalue weighted by Crippen LogP contribution is -2.37. The summed E-state index contributed by atoms with van der Waals surface area (Å²) in [6.07, 6.45) is 5.84. The van der Waals surface area contributed by atoms with Gasteiger partial charge in [0.2, 0.25) is 0 Å². The van der Waals surface area contributed by atoms with Crippen molar-refractivity contribution in [3.63, 3.8) is 0 Å². The van der Waals surface area contributed by atoms with Crippen molar-refractivity contribution in [3.8, 4) is 11.4 Å². The lowest BCUT2D eigenvalue weighted by molar-refractivity contribution is 0.122. The maximum absolute atomic E-state index is 11.7. The number of ether oxygens (including phenoxy) is 1. The van der Waals surface area contributed by atoms with E-state index >= 15 is 0 Å². The highest BCUT2D eigenvalue weighted by Crippen LogP contribution is 2.32. The van der Waals surface area contributed by atoms with Crippen LogP contribution in [0.4, 0.5) is 16.3 Å². The summed E-state index contributed by atoms with van der Waals surface area (Å²) in [5, 5.41) is 11.2. The summed E-state index contributed by atoms with van der Waals surface area (Å²) in [5.74, 6) is 1.53. The van der Waals surface area contributed by atoms with Gasteiger partial charge in [0, 0.05) is 57.2 Å². The Morgan fingerprint density at radius 2 is 1.80 bits per heavy atom. The highest BCUT2D eigenvalue weighted by molar-refractivity contribution is 9.10. The molecule has 2 aliphatic heterocycles. The van der Waals surface area contributed by atoms with Crippen molar-refractivity contribution in [1.29, 1.82) is 0 Å². The predicted octanol–water partition coefficient (Wildman–Crippen LogP) is 4.08. The first-order valence-electron chi connectivity index (χ1n) is 13.6. The topological polar surface area (TPSA) is 113 Å². The number of urea groups is 1. The Morgan fingerprint density at radius 1 is 1.02 bits per heavy atom. The summed E-state index contributed by atoms with van der Waals surface area (Å²) >= 11 is 3.41. The smallest absolute Gasteiger partial charge is 0.318 e. The maximum atomic E-state index is 11.7. The number of likely N-dealkylation sites (tertiary alicyclic amines) is 1. The first-order chi connectivity index (χ1) is 19.6. The SMILES string of the molecule is CNC(=O)Nc1ccc(-c2nc(N3CCOCC3)c3cnn(C4CCN(Cc5ccc(Br)nc5)CC4)c3n2)cc1. The van der Waals surface area contributed by atoms with E-state index in [4.69, 9.17) is 19.8 Å². The standard InChI is InChI=1S/C28H32BrN9O2/c1-30-28(39)33-21-5-3-20(4-6-21)25-34-26(37-12-14-40-15-13-37)23-17-32-38(27(23)35-25)22-8-10-36(11-9-22)18-19-2-7-24(29)31-16-19/h2-7,16-17,22H,8-15,18H2,1H3,(H2,30,33,39). The largest absolute Gasteiger partial charge is 0.378 e. The van der Waals surface area contributed by atoms with Gasteiger partial charge in [-0.3, -0.25) is 4.90 Å². The van der Waals surface area contributed by atoms with E-state index in [0.29, 0.717) is 24.7 Å². The van der Waals surface area contributed by atoms with Crippen LogP contribution in [0, 0.1) is 0 Å². The Morgan fingerprint density at radius 3 is 2.50 bits per heavy atom. The molecule has 6 rings (SSSR count). The lowest BCUT2D eigenvalue weighted by Gasteiger charge is -2.32. The average molecular weight is 607 g/mol. The zero-order valence-electron chi connectivity index (χ0n) is 22.4. The molecule has 2 saturated heterocycles. The second-order valence-corrected chi connectivity index (χ2v) is 10.9. The monoisotopic (exact) mass is 605 g/mol. The molecular formula is C28H32BrN9O2. The van der Waals surface area contributed by atoms with E-state index in [1.165, 1.54) is 5.56 Å². The Kier molecular flexibility index (Phi) is 7.89. The van der Waals surface area contributed by atoms with Gasteiger partial charge in [-0.05, 0) is 64.7 Å². The third-order valence-corrected chi connectivity index (χ3v) is 7.94. The summed E-state index contributed by atoms with van der Waals surface area (Å²) in [4.78, 5) is 30.9. The fourth-order valence-electron chi connectivity index (χ4n) is 5.30. The Hall–Kier alpha value is -3.61. The number of rotatable bonds is 6. The number of benzene rings is 1. The summed E-state index contributed by atoms with van der Waals surface area (Å²) < 4.78 is 8.56. The molecule has 0 saturated carbocycles. The Labute approximate surface area is 241 Å². The molecule has 2 aliphatic rings. The molecule has 208 valence electrons. The van der Waals surface area contributed by atoms with E-state index in [-0.39, 0.29) is 12.1 Å². The van der Waals surface area contributed by atoms with Crippen molar-refractivity contribution in [2.24, 2.45) is 0 Å².